The molecule has 4 rings (SSSR count). The molecule has 0 saturated carbocycles. The molecule has 2 aromatic carbocycles. The molecule has 2 heteroatoms. The summed E-state index contributed by atoms with van der Waals surface area (Å²) in [6.45, 7) is 0. The van der Waals surface area contributed by atoms with Gasteiger partial charge in [0.2, 0.25) is 0 Å². The Hall–Kier alpha value is -1.90. The van der Waals surface area contributed by atoms with Crippen LogP contribution in [0.2, 0.25) is 0 Å². The number of allylic oxidation sites excluding steroid dienone is 2. The molecule has 2 aliphatic carbocycles. The molecule has 2 unspecified atom stereocenters. The molecule has 0 amide bonds. The number of hydrogen-bond donors (Lipinski definition) is 0. The zero-order chi connectivity index (χ0) is 14.2. The first kappa shape index (κ1) is 12.8. The standard InChI is InChI=1S/2C9H7.CHO.Co/c2*1-2-5-9-7-3-6-8(9)4-1;1-2;/h2*1-7H;1H;. The zero-order valence-electron chi connectivity index (χ0n) is 11.4. The summed E-state index contributed by atoms with van der Waals surface area (Å²) in [5.41, 5.74) is 5.11. The number of fused-ring (bicyclic) bond motifs is 2. The van der Waals surface area contributed by atoms with E-state index in [1.165, 1.54) is 27.5 Å². The summed E-state index contributed by atoms with van der Waals surface area (Å²) in [6, 6.07) is 16.8. The Bertz CT molecular complexity index is 698. The van der Waals surface area contributed by atoms with Gasteiger partial charge in [-0.15, -0.1) is 0 Å². The van der Waals surface area contributed by atoms with Crippen LogP contribution in [0.4, 0.5) is 0 Å². The number of benzene rings is 2. The van der Waals surface area contributed by atoms with Crippen LogP contribution < -0.4 is 0 Å². The van der Waals surface area contributed by atoms with Gasteiger partial charge in [0.15, 0.2) is 0 Å². The van der Waals surface area contributed by atoms with Crippen LogP contribution in [0.1, 0.15) is 32.0 Å². The van der Waals surface area contributed by atoms with E-state index < -0.39 is 13.7 Å². The van der Waals surface area contributed by atoms with E-state index in [0.29, 0.717) is 0 Å². The topological polar surface area (TPSA) is 17.1 Å². The van der Waals surface area contributed by atoms with E-state index in [4.69, 9.17) is 0 Å². The third-order valence-electron chi connectivity index (χ3n) is 4.00. The average molecular weight is 318 g/mol. The summed E-state index contributed by atoms with van der Waals surface area (Å²) in [7, 11) is 0. The van der Waals surface area contributed by atoms with Crippen LogP contribution in [0, 0.1) is 0 Å². The maximum atomic E-state index is 11.9. The van der Waals surface area contributed by atoms with Gasteiger partial charge in [0.05, 0.1) is 0 Å². The number of hydrogen-bond acceptors (Lipinski definition) is 1. The molecule has 0 fully saturated rings. The molecule has 0 aliphatic heterocycles. The molecule has 0 bridgehead atoms. The molecule has 0 saturated heterocycles. The minimum absolute atomic E-state index is 0.243. The third kappa shape index (κ3) is 2.03. The van der Waals surface area contributed by atoms with Gasteiger partial charge >= 0.3 is 128 Å². The summed E-state index contributed by atoms with van der Waals surface area (Å²) in [4.78, 5) is 12.3. The van der Waals surface area contributed by atoms with Crippen molar-refractivity contribution in [3.63, 3.8) is 0 Å². The normalized spacial score (nSPS) is 22.0. The molecule has 2 aliphatic rings. The fourth-order valence-corrected chi connectivity index (χ4v) is 5.66. The van der Waals surface area contributed by atoms with Crippen molar-refractivity contribution in [2.24, 2.45) is 0 Å². The monoisotopic (exact) mass is 318 g/mol. The Balaban J connectivity index is 1.74. The molecular weight excluding hydrogens is 303 g/mol. The van der Waals surface area contributed by atoms with Crippen LogP contribution >= 0.6 is 0 Å². The Kier molecular flexibility index (Phi) is 3.13. The second-order valence-electron chi connectivity index (χ2n) is 5.14. The van der Waals surface area contributed by atoms with E-state index in [9.17, 15) is 4.79 Å². The number of carbonyl (C=O) groups excluding carboxylic acids is 1. The molecule has 2 atom stereocenters. The molecule has 0 spiro atoms. The van der Waals surface area contributed by atoms with Crippen LogP contribution in [-0.2, 0) is 18.4 Å². The van der Waals surface area contributed by atoms with E-state index in [0.717, 1.165) is 0 Å². The molecule has 2 aromatic rings. The Labute approximate surface area is 128 Å². The van der Waals surface area contributed by atoms with Crippen LogP contribution in [-0.4, -0.2) is 5.22 Å². The number of rotatable bonds is 3. The van der Waals surface area contributed by atoms with Gasteiger partial charge in [-0.2, -0.15) is 0 Å². The predicted octanol–water partition coefficient (Wildman–Crippen LogP) is 4.33. The Morgan fingerprint density at radius 2 is 1.24 bits per heavy atom. The summed E-state index contributed by atoms with van der Waals surface area (Å²) < 4.78 is 0. The van der Waals surface area contributed by atoms with Crippen molar-refractivity contribution in [3.8, 4) is 0 Å². The fourth-order valence-electron chi connectivity index (χ4n) is 2.99. The van der Waals surface area contributed by atoms with Crippen molar-refractivity contribution in [1.29, 1.82) is 0 Å². The van der Waals surface area contributed by atoms with Crippen LogP contribution in [0.25, 0.3) is 12.2 Å². The van der Waals surface area contributed by atoms with Crippen LogP contribution in [0.15, 0.2) is 60.7 Å². The van der Waals surface area contributed by atoms with Crippen molar-refractivity contribution in [1.82, 2.24) is 0 Å². The van der Waals surface area contributed by atoms with Crippen LogP contribution in [0.3, 0.4) is 0 Å². The van der Waals surface area contributed by atoms with Crippen molar-refractivity contribution in [2.75, 3.05) is 0 Å². The Morgan fingerprint density at radius 1 is 0.762 bits per heavy atom. The molecule has 0 heterocycles. The van der Waals surface area contributed by atoms with Crippen molar-refractivity contribution in [3.05, 3.63) is 82.9 Å². The summed E-state index contributed by atoms with van der Waals surface area (Å²) in [5.74, 6) is 0. The molecule has 0 radical (unpaired) electrons. The van der Waals surface area contributed by atoms with Crippen molar-refractivity contribution in [2.45, 2.75) is 9.70 Å². The van der Waals surface area contributed by atoms with E-state index >= 15 is 0 Å². The van der Waals surface area contributed by atoms with Crippen molar-refractivity contribution < 1.29 is 18.4 Å². The zero-order valence-corrected chi connectivity index (χ0v) is 12.4. The van der Waals surface area contributed by atoms with Gasteiger partial charge in [0.25, 0.3) is 0 Å². The van der Waals surface area contributed by atoms with E-state index in [2.05, 4.69) is 72.8 Å². The summed E-state index contributed by atoms with van der Waals surface area (Å²) in [6.07, 6.45) is 8.72. The van der Waals surface area contributed by atoms with Gasteiger partial charge in [-0.05, 0) is 0 Å². The summed E-state index contributed by atoms with van der Waals surface area (Å²) in [5, 5.41) is 1.20. The van der Waals surface area contributed by atoms with E-state index in [1.807, 2.05) is 0 Å². The predicted molar refractivity (Wildman–Crippen MR) is 83.2 cm³/mol. The van der Waals surface area contributed by atoms with Gasteiger partial charge in [-0.1, -0.05) is 0 Å². The molecule has 106 valence electrons. The molecule has 0 N–H and O–H groups in total. The van der Waals surface area contributed by atoms with E-state index in [-0.39, 0.29) is 9.70 Å². The quantitative estimate of drug-likeness (QED) is 0.770. The maximum absolute atomic E-state index is 11.9. The SMILES string of the molecule is O=[CH][Co]([CH]1C=Cc2ccccc21)[CH]1C=Cc2ccccc21. The van der Waals surface area contributed by atoms with Gasteiger partial charge < -0.3 is 0 Å². The first-order valence-electron chi connectivity index (χ1n) is 6.96. The summed E-state index contributed by atoms with van der Waals surface area (Å²) >= 11 is -0.761. The molecule has 21 heavy (non-hydrogen) atoms. The first-order chi connectivity index (χ1) is 10.4. The molecule has 0 aromatic heterocycles. The molecule has 1 nitrogen and oxygen atoms in total. The van der Waals surface area contributed by atoms with Gasteiger partial charge in [-0.25, -0.2) is 0 Å². The van der Waals surface area contributed by atoms with E-state index in [1.54, 1.807) is 0 Å². The van der Waals surface area contributed by atoms with Crippen molar-refractivity contribution >= 4 is 17.4 Å². The van der Waals surface area contributed by atoms with Gasteiger partial charge in [0, 0.05) is 0 Å². The second-order valence-corrected chi connectivity index (χ2v) is 7.72. The fraction of sp³-hybridized carbons (Fsp3) is 0.105. The van der Waals surface area contributed by atoms with Gasteiger partial charge in [0.1, 0.15) is 0 Å². The Morgan fingerprint density at radius 3 is 1.71 bits per heavy atom. The minimum atomic E-state index is -0.761. The number of carbonyl (C=O) groups is 1. The first-order valence-corrected chi connectivity index (χ1v) is 8.76. The average Bonchev–Trinajstić information content (AvgIpc) is 3.14. The third-order valence-corrected chi connectivity index (χ3v) is 6.83. The second kappa shape index (κ2) is 5.13. The van der Waals surface area contributed by atoms with Gasteiger partial charge in [-0.3, -0.25) is 0 Å². The molecular formula is C19H15CoO. The van der Waals surface area contributed by atoms with Crippen LogP contribution in [0.5, 0.6) is 0 Å².